The minimum Gasteiger partial charge on any atom is -0.393 e. The zero-order valence-electron chi connectivity index (χ0n) is 20.0. The molecule has 3 aliphatic rings. The average molecular weight is 509 g/mol. The zero-order valence-corrected chi connectivity index (χ0v) is 20.0. The molecule has 3 N–H and O–H groups in total. The van der Waals surface area contributed by atoms with Crippen LogP contribution in [0.15, 0.2) is 47.1 Å². The van der Waals surface area contributed by atoms with Gasteiger partial charge >= 0.3 is 12.4 Å². The number of aliphatic hydroxyl groups is 3. The molecule has 2 fully saturated rings. The molecule has 3 aliphatic carbocycles. The normalized spacial score (nSPS) is 32.7. The SMILES string of the molecule is C[C@H](C/C=C/C(O)(C(F)(F)F)C(F)(F)F)C1=CCC2/C(=C/C=C3C[C@@H](O)C[C@H](O)C3)CCC[C@]12C. The van der Waals surface area contributed by atoms with Gasteiger partial charge in [0, 0.05) is 0 Å². The minimum atomic E-state index is -5.86. The number of rotatable bonds is 5. The Kier molecular flexibility index (Phi) is 8.04. The molecule has 0 aromatic heterocycles. The van der Waals surface area contributed by atoms with Crippen molar-refractivity contribution in [2.75, 3.05) is 0 Å². The first-order chi connectivity index (χ1) is 16.1. The molecule has 0 heterocycles. The van der Waals surface area contributed by atoms with Crippen molar-refractivity contribution in [3.63, 3.8) is 0 Å². The van der Waals surface area contributed by atoms with E-state index in [-0.39, 0.29) is 29.7 Å². The van der Waals surface area contributed by atoms with Crippen LogP contribution >= 0.6 is 0 Å². The molecule has 3 rings (SSSR count). The van der Waals surface area contributed by atoms with E-state index in [1.54, 1.807) is 6.92 Å². The molecule has 0 radical (unpaired) electrons. The molecule has 3 nitrogen and oxygen atoms in total. The molecule has 198 valence electrons. The summed E-state index contributed by atoms with van der Waals surface area (Å²) in [5.74, 6) is -0.0939. The van der Waals surface area contributed by atoms with Crippen LogP contribution < -0.4 is 0 Å². The summed E-state index contributed by atoms with van der Waals surface area (Å²) in [6.45, 7) is 3.89. The molecular weight excluding hydrogens is 474 g/mol. The van der Waals surface area contributed by atoms with Crippen molar-refractivity contribution in [3.8, 4) is 0 Å². The van der Waals surface area contributed by atoms with E-state index in [4.69, 9.17) is 0 Å². The predicted octanol–water partition coefficient (Wildman–Crippen LogP) is 6.32. The van der Waals surface area contributed by atoms with Gasteiger partial charge in [0.1, 0.15) is 0 Å². The number of hydrogen-bond acceptors (Lipinski definition) is 3. The summed E-state index contributed by atoms with van der Waals surface area (Å²) in [6, 6.07) is 0. The lowest BCUT2D eigenvalue weighted by Gasteiger charge is -2.42. The van der Waals surface area contributed by atoms with E-state index >= 15 is 0 Å². The second-order valence-corrected chi connectivity index (χ2v) is 10.5. The van der Waals surface area contributed by atoms with Crippen molar-refractivity contribution >= 4 is 0 Å². The average Bonchev–Trinajstić information content (AvgIpc) is 3.07. The van der Waals surface area contributed by atoms with Gasteiger partial charge in [0.15, 0.2) is 0 Å². The third-order valence-electron chi connectivity index (χ3n) is 7.93. The fraction of sp³-hybridized carbons (Fsp3) is 0.692. The van der Waals surface area contributed by atoms with Crippen LogP contribution in [0.25, 0.3) is 0 Å². The van der Waals surface area contributed by atoms with Crippen molar-refractivity contribution in [3.05, 3.63) is 47.1 Å². The minimum absolute atomic E-state index is 0.0541. The highest BCUT2D eigenvalue weighted by atomic mass is 19.4. The van der Waals surface area contributed by atoms with E-state index in [0.29, 0.717) is 19.3 Å². The lowest BCUT2D eigenvalue weighted by Crippen LogP contribution is -2.55. The molecule has 0 spiro atoms. The number of alkyl halides is 6. The van der Waals surface area contributed by atoms with Gasteiger partial charge in [-0.1, -0.05) is 54.9 Å². The van der Waals surface area contributed by atoms with Gasteiger partial charge in [0.25, 0.3) is 5.60 Å². The van der Waals surface area contributed by atoms with Gasteiger partial charge in [-0.25, -0.2) is 0 Å². The maximum atomic E-state index is 12.9. The molecule has 9 heteroatoms. The molecule has 1 unspecified atom stereocenters. The van der Waals surface area contributed by atoms with Crippen molar-refractivity contribution in [2.24, 2.45) is 17.3 Å². The molecule has 35 heavy (non-hydrogen) atoms. The zero-order chi connectivity index (χ0) is 26.2. The standard InChI is InChI=1S/C26H34F6O3/c1-16(5-3-12-24(35,25(27,28)29)26(30,31)32)21-9-10-22-18(6-4-11-23(21,22)2)8-7-17-13-19(33)15-20(34)14-17/h3,7-9,12,16,19-20,22,33-35H,4-6,10-11,13-15H2,1-2H3/b12-3+,18-8+/t16-,19-,20-,22?,23-/m1/s1. The van der Waals surface area contributed by atoms with Gasteiger partial charge in [0.05, 0.1) is 12.2 Å². The highest BCUT2D eigenvalue weighted by Crippen LogP contribution is 2.57. The predicted molar refractivity (Wildman–Crippen MR) is 120 cm³/mol. The monoisotopic (exact) mass is 508 g/mol. The Morgan fingerprint density at radius 3 is 2.23 bits per heavy atom. The third kappa shape index (κ3) is 5.72. The van der Waals surface area contributed by atoms with Crippen LogP contribution in [0.4, 0.5) is 26.3 Å². The second kappa shape index (κ2) is 10.1. The van der Waals surface area contributed by atoms with Crippen LogP contribution in [0.3, 0.4) is 0 Å². The molecule has 0 aromatic carbocycles. The van der Waals surface area contributed by atoms with Gasteiger partial charge in [0.2, 0.25) is 0 Å². The Morgan fingerprint density at radius 1 is 1.06 bits per heavy atom. The number of hydrogen-bond donors (Lipinski definition) is 3. The summed E-state index contributed by atoms with van der Waals surface area (Å²) in [5.41, 5.74) is -1.87. The van der Waals surface area contributed by atoms with E-state index < -0.39 is 30.2 Å². The lowest BCUT2D eigenvalue weighted by molar-refractivity contribution is -0.347. The summed E-state index contributed by atoms with van der Waals surface area (Å²) < 4.78 is 77.6. The van der Waals surface area contributed by atoms with Gasteiger partial charge < -0.3 is 15.3 Å². The van der Waals surface area contributed by atoms with E-state index in [1.807, 2.05) is 6.08 Å². The molecule has 2 saturated carbocycles. The van der Waals surface area contributed by atoms with E-state index in [2.05, 4.69) is 19.1 Å². The summed E-state index contributed by atoms with van der Waals surface area (Å²) in [6.07, 6.45) is -1.33. The number of halogens is 6. The Balaban J connectivity index is 1.73. The summed E-state index contributed by atoms with van der Waals surface area (Å²) in [4.78, 5) is 0. The van der Waals surface area contributed by atoms with Gasteiger partial charge in [-0.15, -0.1) is 0 Å². The van der Waals surface area contributed by atoms with Gasteiger partial charge in [-0.05, 0) is 74.7 Å². The van der Waals surface area contributed by atoms with Crippen LogP contribution in [-0.4, -0.2) is 45.5 Å². The lowest BCUT2D eigenvalue weighted by atomic mass is 9.62. The van der Waals surface area contributed by atoms with Crippen molar-refractivity contribution in [1.29, 1.82) is 0 Å². The van der Waals surface area contributed by atoms with Crippen LogP contribution in [0, 0.1) is 17.3 Å². The van der Waals surface area contributed by atoms with Crippen LogP contribution in [0.5, 0.6) is 0 Å². The smallest absolute Gasteiger partial charge is 0.393 e. The maximum absolute atomic E-state index is 12.9. The molecule has 0 bridgehead atoms. The first kappa shape index (κ1) is 28.0. The fourth-order valence-corrected chi connectivity index (χ4v) is 6.07. The Labute approximate surface area is 201 Å². The number of fused-ring (bicyclic) bond motifs is 1. The highest BCUT2D eigenvalue weighted by molar-refractivity contribution is 5.35. The van der Waals surface area contributed by atoms with Crippen molar-refractivity contribution in [2.45, 2.75) is 95.4 Å². The third-order valence-corrected chi connectivity index (χ3v) is 7.93. The molecule has 0 amide bonds. The van der Waals surface area contributed by atoms with Crippen molar-refractivity contribution in [1.82, 2.24) is 0 Å². The Bertz CT molecular complexity index is 872. The second-order valence-electron chi connectivity index (χ2n) is 10.5. The molecular formula is C26H34F6O3. The van der Waals surface area contributed by atoms with Gasteiger partial charge in [-0.3, -0.25) is 0 Å². The first-order valence-electron chi connectivity index (χ1n) is 12.1. The van der Waals surface area contributed by atoms with Crippen LogP contribution in [0.2, 0.25) is 0 Å². The fourth-order valence-electron chi connectivity index (χ4n) is 6.07. The van der Waals surface area contributed by atoms with E-state index in [0.717, 1.165) is 42.9 Å². The Hall–Kier alpha value is -1.58. The van der Waals surface area contributed by atoms with Crippen LogP contribution in [0.1, 0.15) is 65.2 Å². The number of aliphatic hydroxyl groups excluding tert-OH is 2. The van der Waals surface area contributed by atoms with E-state index in [9.17, 15) is 41.7 Å². The molecule has 0 saturated heterocycles. The Morgan fingerprint density at radius 2 is 1.66 bits per heavy atom. The summed E-state index contributed by atoms with van der Waals surface area (Å²) in [5, 5.41) is 29.2. The highest BCUT2D eigenvalue weighted by Gasteiger charge is 2.68. The first-order valence-corrected chi connectivity index (χ1v) is 12.1. The maximum Gasteiger partial charge on any atom is 0.429 e. The molecule has 0 aromatic rings. The van der Waals surface area contributed by atoms with Crippen molar-refractivity contribution < 1.29 is 41.7 Å². The number of allylic oxidation sites excluding steroid dienone is 6. The topological polar surface area (TPSA) is 60.7 Å². The molecule has 0 aliphatic heterocycles. The summed E-state index contributed by atoms with van der Waals surface area (Å²) in [7, 11) is 0. The van der Waals surface area contributed by atoms with Gasteiger partial charge in [-0.2, -0.15) is 26.3 Å². The largest absolute Gasteiger partial charge is 0.429 e. The quantitative estimate of drug-likeness (QED) is 0.301. The molecule has 5 atom stereocenters. The van der Waals surface area contributed by atoms with Crippen LogP contribution in [-0.2, 0) is 0 Å². The summed E-state index contributed by atoms with van der Waals surface area (Å²) >= 11 is 0. The van der Waals surface area contributed by atoms with E-state index in [1.165, 1.54) is 5.57 Å².